The van der Waals surface area contributed by atoms with E-state index in [0.29, 0.717) is 22.6 Å². The van der Waals surface area contributed by atoms with Crippen LogP contribution in [0.5, 0.6) is 11.5 Å². The third-order valence-electron chi connectivity index (χ3n) is 6.71. The van der Waals surface area contributed by atoms with Gasteiger partial charge in [-0.3, -0.25) is 14.4 Å². The van der Waals surface area contributed by atoms with Crippen LogP contribution in [0.3, 0.4) is 0 Å². The maximum Gasteiger partial charge on any atom is 0.408 e. The summed E-state index contributed by atoms with van der Waals surface area (Å²) >= 11 is 0. The first-order chi connectivity index (χ1) is 23.3. The fourth-order valence-corrected chi connectivity index (χ4v) is 4.22. The molecule has 0 bridgehead atoms. The fourth-order valence-electron chi connectivity index (χ4n) is 4.22. The van der Waals surface area contributed by atoms with Gasteiger partial charge in [0.25, 0.3) is 11.8 Å². The van der Waals surface area contributed by atoms with Crippen LogP contribution in [-0.2, 0) is 32.1 Å². The van der Waals surface area contributed by atoms with Crippen molar-refractivity contribution in [3.8, 4) is 11.5 Å². The highest BCUT2D eigenvalue weighted by Gasteiger charge is 2.27. The zero-order valence-corrected chi connectivity index (χ0v) is 25.7. The minimum Gasteiger partial charge on any atom is -0.508 e. The summed E-state index contributed by atoms with van der Waals surface area (Å²) in [5.74, 6) is -1.34. The summed E-state index contributed by atoms with van der Waals surface area (Å²) < 4.78 is 10.7. The number of carbonyl (C=O) groups is 4. The number of phenolic OH excluding ortho intramolecular Hbond substituents is 1. The Bertz CT molecular complexity index is 1670. The number of anilines is 1. The molecule has 0 unspecified atom stereocenters. The average Bonchev–Trinajstić information content (AvgIpc) is 3.10. The normalized spacial score (nSPS) is 11.9. The van der Waals surface area contributed by atoms with E-state index in [1.54, 1.807) is 72.8 Å². The predicted molar refractivity (Wildman–Crippen MR) is 177 cm³/mol. The Morgan fingerprint density at radius 3 is 2.08 bits per heavy atom. The van der Waals surface area contributed by atoms with Gasteiger partial charge in [-0.05, 0) is 65.2 Å². The highest BCUT2D eigenvalue weighted by Crippen LogP contribution is 2.13. The summed E-state index contributed by atoms with van der Waals surface area (Å²) in [6.45, 7) is -0.985. The van der Waals surface area contributed by atoms with Gasteiger partial charge in [0.05, 0.1) is 12.8 Å². The number of nitrogens with one attached hydrogen (secondary N) is 4. The molecule has 248 valence electrons. The van der Waals surface area contributed by atoms with Gasteiger partial charge in [0.1, 0.15) is 30.2 Å². The summed E-state index contributed by atoms with van der Waals surface area (Å²) in [7, 11) is 0. The number of rotatable bonds is 15. The second-order valence-corrected chi connectivity index (χ2v) is 10.4. The van der Waals surface area contributed by atoms with Crippen molar-refractivity contribution in [2.75, 3.05) is 18.5 Å². The molecule has 4 rings (SSSR count). The number of ether oxygens (including phenoxy) is 2. The lowest BCUT2D eigenvalue weighted by molar-refractivity contribution is -0.130. The summed E-state index contributed by atoms with van der Waals surface area (Å²) in [4.78, 5) is 50.6. The highest BCUT2D eigenvalue weighted by atomic mass is 16.5. The van der Waals surface area contributed by atoms with E-state index in [9.17, 15) is 29.4 Å². The number of phenols is 1. The average molecular weight is 654 g/mol. The zero-order chi connectivity index (χ0) is 34.1. The second-order valence-electron chi connectivity index (χ2n) is 10.4. The maximum atomic E-state index is 13.1. The summed E-state index contributed by atoms with van der Waals surface area (Å²) in [6, 6.07) is 28.0. The molecule has 0 aromatic heterocycles. The van der Waals surface area contributed by atoms with Crippen LogP contribution in [0, 0.1) is 0 Å². The molecule has 0 saturated carbocycles. The largest absolute Gasteiger partial charge is 0.508 e. The standard InChI is InChI=1S/C35H35N5O8/c41-21-31(39-35(46)48-22-26-7-3-1-4-8-26)33(44)38-30(19-24-11-15-28(42)16-12-24)34(45)40-36-20-25-13-17-29(18-14-25)47-23-32(43)37-27-9-5-2-6-10-27/h1-18,20,30-31,41-42H,19,21-23H2,(H,37,43)(H,38,44)(H,39,46)(H,40,45)/b36-20-/t30-,31-/m0/s1. The van der Waals surface area contributed by atoms with Gasteiger partial charge < -0.3 is 35.6 Å². The van der Waals surface area contributed by atoms with E-state index < -0.39 is 36.6 Å². The van der Waals surface area contributed by atoms with Gasteiger partial charge in [0, 0.05) is 12.1 Å². The molecule has 0 aliphatic heterocycles. The first kappa shape index (κ1) is 34.7. The van der Waals surface area contributed by atoms with E-state index in [1.165, 1.54) is 18.3 Å². The van der Waals surface area contributed by atoms with Crippen molar-refractivity contribution in [3.63, 3.8) is 0 Å². The van der Waals surface area contributed by atoms with E-state index in [0.717, 1.165) is 5.56 Å². The molecule has 4 aromatic rings. The third kappa shape index (κ3) is 11.6. The number of alkyl carbamates (subject to hydrolysis) is 1. The van der Waals surface area contributed by atoms with Crippen LogP contribution >= 0.6 is 0 Å². The molecule has 13 heteroatoms. The second kappa shape index (κ2) is 18.1. The number of hydrogen-bond donors (Lipinski definition) is 6. The third-order valence-corrected chi connectivity index (χ3v) is 6.71. The van der Waals surface area contributed by atoms with Gasteiger partial charge in [0.15, 0.2) is 6.61 Å². The van der Waals surface area contributed by atoms with Crippen molar-refractivity contribution < 1.29 is 38.9 Å². The van der Waals surface area contributed by atoms with Crippen LogP contribution in [0.1, 0.15) is 16.7 Å². The molecule has 2 atom stereocenters. The Balaban J connectivity index is 1.31. The van der Waals surface area contributed by atoms with Crippen molar-refractivity contribution >= 4 is 35.7 Å². The molecule has 4 amide bonds. The van der Waals surface area contributed by atoms with Gasteiger partial charge in [0.2, 0.25) is 5.91 Å². The number of carbonyl (C=O) groups excluding carboxylic acids is 4. The molecule has 0 heterocycles. The van der Waals surface area contributed by atoms with E-state index in [1.807, 2.05) is 24.3 Å². The maximum absolute atomic E-state index is 13.1. The molecule has 0 aliphatic carbocycles. The van der Waals surface area contributed by atoms with Gasteiger partial charge in [-0.1, -0.05) is 60.7 Å². The molecule has 13 nitrogen and oxygen atoms in total. The first-order valence-corrected chi connectivity index (χ1v) is 14.9. The lowest BCUT2D eigenvalue weighted by Crippen LogP contribution is -2.55. The molecule has 0 saturated heterocycles. The van der Waals surface area contributed by atoms with Crippen LogP contribution in [0.2, 0.25) is 0 Å². The van der Waals surface area contributed by atoms with Gasteiger partial charge in [-0.15, -0.1) is 0 Å². The molecule has 0 aliphatic rings. The van der Waals surface area contributed by atoms with E-state index in [2.05, 4.69) is 26.5 Å². The number of benzene rings is 4. The molecule has 0 fully saturated rings. The first-order valence-electron chi connectivity index (χ1n) is 14.9. The molecular weight excluding hydrogens is 618 g/mol. The number of hydrogen-bond acceptors (Lipinski definition) is 9. The van der Waals surface area contributed by atoms with Crippen molar-refractivity contribution in [3.05, 3.63) is 126 Å². The summed E-state index contributed by atoms with van der Waals surface area (Å²) in [5, 5.41) is 31.0. The summed E-state index contributed by atoms with van der Waals surface area (Å²) in [6.07, 6.45) is 0.460. The lowest BCUT2D eigenvalue weighted by Gasteiger charge is -2.21. The smallest absolute Gasteiger partial charge is 0.408 e. The molecule has 0 radical (unpaired) electrons. The quantitative estimate of drug-likeness (QED) is 0.0835. The summed E-state index contributed by atoms with van der Waals surface area (Å²) in [5.41, 5.74) is 5.00. The Kier molecular flexibility index (Phi) is 13.0. The highest BCUT2D eigenvalue weighted by molar-refractivity contribution is 5.92. The lowest BCUT2D eigenvalue weighted by atomic mass is 10.0. The van der Waals surface area contributed by atoms with Crippen LogP contribution in [0.4, 0.5) is 10.5 Å². The van der Waals surface area contributed by atoms with E-state index in [4.69, 9.17) is 9.47 Å². The minimum absolute atomic E-state index is 0.00780. The fraction of sp³-hybridized carbons (Fsp3) is 0.171. The van der Waals surface area contributed by atoms with E-state index in [-0.39, 0.29) is 31.3 Å². The van der Waals surface area contributed by atoms with Crippen molar-refractivity contribution in [2.24, 2.45) is 5.10 Å². The Morgan fingerprint density at radius 2 is 1.42 bits per heavy atom. The van der Waals surface area contributed by atoms with Crippen LogP contribution < -0.4 is 26.1 Å². The van der Waals surface area contributed by atoms with Crippen LogP contribution in [0.25, 0.3) is 0 Å². The molecule has 4 aromatic carbocycles. The van der Waals surface area contributed by atoms with Gasteiger partial charge in [-0.2, -0.15) is 5.10 Å². The number of aliphatic hydroxyl groups excluding tert-OH is 1. The Labute approximate surface area is 276 Å². The number of para-hydroxylation sites is 1. The molecule has 48 heavy (non-hydrogen) atoms. The molecular formula is C35H35N5O8. The molecule has 6 N–H and O–H groups in total. The van der Waals surface area contributed by atoms with Crippen LogP contribution in [0.15, 0.2) is 114 Å². The van der Waals surface area contributed by atoms with Crippen molar-refractivity contribution in [1.29, 1.82) is 0 Å². The number of aromatic hydroxyl groups is 1. The number of amides is 4. The topological polar surface area (TPSA) is 188 Å². The van der Waals surface area contributed by atoms with Crippen molar-refractivity contribution in [2.45, 2.75) is 25.1 Å². The zero-order valence-electron chi connectivity index (χ0n) is 25.7. The Hall–Kier alpha value is -6.21. The minimum atomic E-state index is -1.41. The number of hydrazone groups is 1. The molecule has 0 spiro atoms. The Morgan fingerprint density at radius 1 is 0.750 bits per heavy atom. The van der Waals surface area contributed by atoms with Crippen molar-refractivity contribution in [1.82, 2.24) is 16.1 Å². The predicted octanol–water partition coefficient (Wildman–Crippen LogP) is 2.87. The number of nitrogens with zero attached hydrogens (tertiary/aromatic N) is 1. The monoisotopic (exact) mass is 653 g/mol. The SMILES string of the molecule is O=C(COc1ccc(/C=N\NC(=O)[C@H](Cc2ccc(O)cc2)NC(=O)[C@H](CO)NC(=O)OCc2ccccc2)cc1)Nc1ccccc1. The number of aliphatic hydroxyl groups is 1. The van der Waals surface area contributed by atoms with Gasteiger partial charge in [-0.25, -0.2) is 10.2 Å². The van der Waals surface area contributed by atoms with E-state index >= 15 is 0 Å². The van der Waals surface area contributed by atoms with Crippen LogP contribution in [-0.4, -0.2) is 65.5 Å². The van der Waals surface area contributed by atoms with Gasteiger partial charge >= 0.3 is 6.09 Å².